The van der Waals surface area contributed by atoms with E-state index in [1.165, 1.54) is 22.4 Å². The van der Waals surface area contributed by atoms with Crippen LogP contribution in [-0.2, 0) is 13.0 Å². The number of rotatable bonds is 3. The lowest BCUT2D eigenvalue weighted by molar-refractivity contribution is 0.101. The summed E-state index contributed by atoms with van der Waals surface area (Å²) >= 11 is 0. The van der Waals surface area contributed by atoms with Gasteiger partial charge in [-0.2, -0.15) is 5.10 Å². The lowest BCUT2D eigenvalue weighted by Crippen LogP contribution is -2.33. The Hall–Kier alpha value is -2.95. The number of anilines is 2. The number of aromatic nitrogens is 2. The summed E-state index contributed by atoms with van der Waals surface area (Å²) in [6.07, 6.45) is 3.16. The molecule has 2 aliphatic rings. The smallest absolute Gasteiger partial charge is 0.127 e. The van der Waals surface area contributed by atoms with E-state index >= 15 is 0 Å². The minimum Gasteiger partial charge on any atom is -0.487 e. The second-order valence-electron chi connectivity index (χ2n) is 9.23. The Morgan fingerprint density at radius 3 is 2.77 bits per heavy atom. The van der Waals surface area contributed by atoms with Crippen molar-refractivity contribution >= 4 is 11.4 Å². The molecule has 30 heavy (non-hydrogen) atoms. The molecule has 0 saturated carbocycles. The molecule has 3 aromatic rings. The largest absolute Gasteiger partial charge is 0.487 e. The molecule has 1 unspecified atom stereocenters. The number of nitrogen functional groups attached to an aromatic ring is 1. The molecule has 3 heterocycles. The highest BCUT2D eigenvalue weighted by molar-refractivity contribution is 5.79. The fourth-order valence-corrected chi connectivity index (χ4v) is 5.06. The van der Waals surface area contributed by atoms with Gasteiger partial charge in [-0.1, -0.05) is 18.2 Å². The summed E-state index contributed by atoms with van der Waals surface area (Å²) in [6, 6.07) is 8.59. The van der Waals surface area contributed by atoms with Crippen molar-refractivity contribution in [3.8, 4) is 17.0 Å². The Bertz CT molecular complexity index is 1160. The molecule has 5 heteroatoms. The van der Waals surface area contributed by atoms with E-state index in [1.54, 1.807) is 0 Å². The van der Waals surface area contributed by atoms with Crippen LogP contribution in [0.1, 0.15) is 47.6 Å². The molecule has 0 fully saturated rings. The fourth-order valence-electron chi connectivity index (χ4n) is 5.06. The molecule has 0 aliphatic carbocycles. The Morgan fingerprint density at radius 2 is 1.97 bits per heavy atom. The van der Waals surface area contributed by atoms with E-state index in [9.17, 15) is 0 Å². The van der Waals surface area contributed by atoms with Gasteiger partial charge in [-0.3, -0.25) is 4.68 Å². The zero-order valence-electron chi connectivity index (χ0n) is 18.5. The van der Waals surface area contributed by atoms with Crippen molar-refractivity contribution in [1.29, 1.82) is 0 Å². The van der Waals surface area contributed by atoms with Gasteiger partial charge in [0, 0.05) is 41.2 Å². The van der Waals surface area contributed by atoms with Crippen molar-refractivity contribution in [2.75, 3.05) is 17.6 Å². The molecule has 0 saturated heterocycles. The number of nitrogens with one attached hydrogen (secondary N) is 1. The van der Waals surface area contributed by atoms with Crippen LogP contribution in [0.5, 0.6) is 5.75 Å². The molecule has 0 radical (unpaired) electrons. The van der Waals surface area contributed by atoms with Crippen LogP contribution in [0.2, 0.25) is 0 Å². The van der Waals surface area contributed by atoms with Gasteiger partial charge < -0.3 is 15.8 Å². The van der Waals surface area contributed by atoms with E-state index < -0.39 is 0 Å². The number of nitrogens with zero attached hydrogens (tertiary/aromatic N) is 2. The number of hydrogen-bond donors (Lipinski definition) is 2. The predicted octanol–water partition coefficient (Wildman–Crippen LogP) is 4.98. The summed E-state index contributed by atoms with van der Waals surface area (Å²) in [5.41, 5.74) is 16.4. The number of ether oxygens (including phenoxy) is 1. The molecule has 0 spiro atoms. The molecular formula is C25H30N4O. The zero-order valence-corrected chi connectivity index (χ0v) is 18.5. The molecule has 0 bridgehead atoms. The number of fused-ring (bicyclic) bond motifs is 2. The third-order valence-electron chi connectivity index (χ3n) is 7.05. The molecule has 156 valence electrons. The molecule has 1 atom stereocenters. The van der Waals surface area contributed by atoms with Crippen LogP contribution < -0.4 is 15.8 Å². The van der Waals surface area contributed by atoms with E-state index in [4.69, 9.17) is 15.6 Å². The molecule has 0 amide bonds. The Balaban J connectivity index is 1.52. The zero-order chi connectivity index (χ0) is 21.2. The van der Waals surface area contributed by atoms with Crippen molar-refractivity contribution in [3.05, 3.63) is 58.3 Å². The van der Waals surface area contributed by atoms with Gasteiger partial charge in [0.25, 0.3) is 0 Å². The SMILES string of the molecule is Cc1c(C)c2c(c(C)c1N)C(Cn1ccc(-c3cccc4c3NCC4)n1)C(C)(C)O2. The second kappa shape index (κ2) is 6.53. The molecule has 5 rings (SSSR count). The maximum Gasteiger partial charge on any atom is 0.127 e. The average Bonchev–Trinajstić information content (AvgIpc) is 3.43. The maximum absolute atomic E-state index is 6.47. The van der Waals surface area contributed by atoms with Gasteiger partial charge >= 0.3 is 0 Å². The van der Waals surface area contributed by atoms with Crippen LogP contribution in [-0.4, -0.2) is 21.9 Å². The van der Waals surface area contributed by atoms with Gasteiger partial charge in [0.15, 0.2) is 0 Å². The van der Waals surface area contributed by atoms with Crippen LogP contribution in [0, 0.1) is 20.8 Å². The number of nitrogens with two attached hydrogens (primary N) is 1. The Kier molecular flexibility index (Phi) is 4.14. The predicted molar refractivity (Wildman–Crippen MR) is 122 cm³/mol. The van der Waals surface area contributed by atoms with Gasteiger partial charge in [0.2, 0.25) is 0 Å². The first-order valence-electron chi connectivity index (χ1n) is 10.8. The van der Waals surface area contributed by atoms with Gasteiger partial charge in [-0.05, 0) is 69.4 Å². The first kappa shape index (κ1) is 19.0. The van der Waals surface area contributed by atoms with E-state index in [2.05, 4.69) is 75.1 Å². The van der Waals surface area contributed by atoms with Gasteiger partial charge in [0.1, 0.15) is 11.4 Å². The minimum atomic E-state index is -0.320. The van der Waals surface area contributed by atoms with E-state index in [-0.39, 0.29) is 11.5 Å². The molecule has 5 nitrogen and oxygen atoms in total. The molecular weight excluding hydrogens is 372 g/mol. The Labute approximate surface area is 178 Å². The van der Waals surface area contributed by atoms with Crippen molar-refractivity contribution in [2.24, 2.45) is 0 Å². The van der Waals surface area contributed by atoms with Gasteiger partial charge in [-0.15, -0.1) is 0 Å². The van der Waals surface area contributed by atoms with Gasteiger partial charge in [-0.25, -0.2) is 0 Å². The fraction of sp³-hybridized carbons (Fsp3) is 0.400. The van der Waals surface area contributed by atoms with Gasteiger partial charge in [0.05, 0.1) is 12.2 Å². The Morgan fingerprint density at radius 1 is 1.17 bits per heavy atom. The number of para-hydroxylation sites is 1. The third-order valence-corrected chi connectivity index (χ3v) is 7.05. The van der Waals surface area contributed by atoms with Crippen molar-refractivity contribution in [3.63, 3.8) is 0 Å². The highest BCUT2D eigenvalue weighted by Gasteiger charge is 2.44. The van der Waals surface area contributed by atoms with Crippen LogP contribution in [0.25, 0.3) is 11.3 Å². The summed E-state index contributed by atoms with van der Waals surface area (Å²) in [4.78, 5) is 0. The molecule has 2 aromatic carbocycles. The topological polar surface area (TPSA) is 65.1 Å². The average molecular weight is 403 g/mol. The quantitative estimate of drug-likeness (QED) is 0.607. The summed E-state index contributed by atoms with van der Waals surface area (Å²) < 4.78 is 8.53. The molecule has 3 N–H and O–H groups in total. The lowest BCUT2D eigenvalue weighted by Gasteiger charge is -2.27. The second-order valence-corrected chi connectivity index (χ2v) is 9.23. The third kappa shape index (κ3) is 2.72. The highest BCUT2D eigenvalue weighted by Crippen LogP contribution is 2.51. The highest BCUT2D eigenvalue weighted by atomic mass is 16.5. The summed E-state index contributed by atoms with van der Waals surface area (Å²) in [5, 5.41) is 8.46. The van der Waals surface area contributed by atoms with Crippen molar-refractivity contribution < 1.29 is 4.74 Å². The van der Waals surface area contributed by atoms with E-state index in [0.717, 1.165) is 53.3 Å². The van der Waals surface area contributed by atoms with E-state index in [1.807, 2.05) is 0 Å². The van der Waals surface area contributed by atoms with Crippen molar-refractivity contribution in [2.45, 2.75) is 59.1 Å². The van der Waals surface area contributed by atoms with Crippen LogP contribution in [0.15, 0.2) is 30.5 Å². The van der Waals surface area contributed by atoms with Crippen LogP contribution >= 0.6 is 0 Å². The summed E-state index contributed by atoms with van der Waals surface area (Å²) in [6.45, 7) is 12.4. The number of benzene rings is 2. The van der Waals surface area contributed by atoms with Crippen LogP contribution in [0.4, 0.5) is 11.4 Å². The first-order chi connectivity index (χ1) is 14.3. The minimum absolute atomic E-state index is 0.182. The monoisotopic (exact) mass is 402 g/mol. The van der Waals surface area contributed by atoms with Crippen molar-refractivity contribution in [1.82, 2.24) is 9.78 Å². The first-order valence-corrected chi connectivity index (χ1v) is 10.8. The van der Waals surface area contributed by atoms with Crippen LogP contribution in [0.3, 0.4) is 0 Å². The molecule has 2 aliphatic heterocycles. The van der Waals surface area contributed by atoms with E-state index in [0.29, 0.717) is 0 Å². The standard InChI is InChI=1S/C25H30N4O/c1-14-15(2)24-21(16(3)22(14)26)19(25(4,5)30-24)13-29-12-10-20(28-29)18-8-6-7-17-9-11-27-23(17)18/h6-8,10,12,19,27H,9,11,13,26H2,1-5H3. The normalized spacial score (nSPS) is 18.6. The number of hydrogen-bond acceptors (Lipinski definition) is 4. The molecule has 1 aromatic heterocycles. The summed E-state index contributed by atoms with van der Waals surface area (Å²) in [5.74, 6) is 1.19. The lowest BCUT2D eigenvalue weighted by atomic mass is 9.83. The maximum atomic E-state index is 6.47. The summed E-state index contributed by atoms with van der Waals surface area (Å²) in [7, 11) is 0.